The Kier molecular flexibility index (Phi) is 6.40. The molecule has 0 aliphatic carbocycles. The van der Waals surface area contributed by atoms with Crippen LogP contribution in [0, 0.1) is 12.8 Å². The van der Waals surface area contributed by atoms with Gasteiger partial charge in [0.05, 0.1) is 11.3 Å². The van der Waals surface area contributed by atoms with Crippen molar-refractivity contribution in [3.05, 3.63) is 72.3 Å². The highest BCUT2D eigenvalue weighted by atomic mass is 16.7. The van der Waals surface area contributed by atoms with Gasteiger partial charge in [-0.2, -0.15) is 9.78 Å². The van der Waals surface area contributed by atoms with Gasteiger partial charge in [0.2, 0.25) is 18.6 Å². The Bertz CT molecular complexity index is 1470. The van der Waals surface area contributed by atoms with E-state index < -0.39 is 5.97 Å². The van der Waals surface area contributed by atoms with Crippen LogP contribution in [0.5, 0.6) is 17.4 Å². The summed E-state index contributed by atoms with van der Waals surface area (Å²) in [4.78, 5) is 24.4. The molecule has 0 spiro atoms. The molecular weight excluding hydrogens is 470 g/mol. The number of ether oxygens (including phenoxy) is 3. The molecule has 8 nitrogen and oxygen atoms in total. The number of nitrogens with one attached hydrogen (secondary N) is 1. The topological polar surface area (TPSA) is 91.7 Å². The zero-order chi connectivity index (χ0) is 26.1. The molecule has 1 aliphatic rings. The van der Waals surface area contributed by atoms with Crippen LogP contribution < -0.4 is 19.5 Å². The van der Waals surface area contributed by atoms with Gasteiger partial charge < -0.3 is 19.5 Å². The second kappa shape index (κ2) is 9.81. The number of hydrogen-bond donors (Lipinski definition) is 1. The van der Waals surface area contributed by atoms with Crippen LogP contribution in [-0.4, -0.2) is 28.4 Å². The molecule has 0 fully saturated rings. The first kappa shape index (κ1) is 24.1. The Morgan fingerprint density at radius 1 is 0.946 bits per heavy atom. The zero-order valence-electron chi connectivity index (χ0n) is 21.1. The number of nitrogens with zero attached hydrogens (tertiary/aromatic N) is 2. The Morgan fingerprint density at radius 2 is 1.62 bits per heavy atom. The second-order valence-electron chi connectivity index (χ2n) is 9.16. The van der Waals surface area contributed by atoms with Gasteiger partial charge in [0.1, 0.15) is 5.69 Å². The van der Waals surface area contributed by atoms with Crippen LogP contribution in [0.4, 0.5) is 5.69 Å². The molecule has 1 aromatic heterocycles. The smallest absolute Gasteiger partial charge is 0.309 e. The van der Waals surface area contributed by atoms with Crippen LogP contribution in [0.25, 0.3) is 28.1 Å². The molecule has 4 aromatic rings. The quantitative estimate of drug-likeness (QED) is 0.341. The van der Waals surface area contributed by atoms with Crippen molar-refractivity contribution in [1.82, 2.24) is 9.78 Å². The Labute approximate surface area is 214 Å². The second-order valence-corrected chi connectivity index (χ2v) is 9.16. The van der Waals surface area contributed by atoms with Crippen molar-refractivity contribution in [3.8, 4) is 45.5 Å². The molecule has 188 valence electrons. The zero-order valence-corrected chi connectivity index (χ0v) is 21.1. The maximum absolute atomic E-state index is 12.2. The summed E-state index contributed by atoms with van der Waals surface area (Å²) in [7, 11) is 0. The molecule has 37 heavy (non-hydrogen) atoms. The maximum Gasteiger partial charge on any atom is 0.309 e. The number of fused-ring (bicyclic) bond motifs is 1. The van der Waals surface area contributed by atoms with Crippen LogP contribution in [0.2, 0.25) is 0 Å². The van der Waals surface area contributed by atoms with Gasteiger partial charge >= 0.3 is 5.97 Å². The van der Waals surface area contributed by atoms with Crippen LogP contribution >= 0.6 is 0 Å². The van der Waals surface area contributed by atoms with Crippen molar-refractivity contribution < 1.29 is 23.8 Å². The van der Waals surface area contributed by atoms with Crippen LogP contribution in [-0.2, 0) is 9.59 Å². The van der Waals surface area contributed by atoms with E-state index in [-0.39, 0.29) is 18.6 Å². The van der Waals surface area contributed by atoms with Gasteiger partial charge in [-0.05, 0) is 55.0 Å². The number of carbonyl (C=O) groups excluding carboxylic acids is 2. The standard InChI is InChI=1S/C29H27N3O5/c1-17(2)28(34)30-22-10-7-20(8-11-22)26-27(21-9-14-24-25(15-21)36-16-35-24)31-32(29(26)37-19(4)33)23-12-5-18(3)6-13-23/h5-15,17H,16H2,1-4H3,(H,30,34). The third-order valence-corrected chi connectivity index (χ3v) is 5.97. The van der Waals surface area contributed by atoms with Gasteiger partial charge in [-0.25, -0.2) is 0 Å². The van der Waals surface area contributed by atoms with E-state index in [1.807, 2.05) is 87.5 Å². The number of esters is 1. The van der Waals surface area contributed by atoms with Crippen molar-refractivity contribution in [3.63, 3.8) is 0 Å². The highest BCUT2D eigenvalue weighted by Gasteiger charge is 2.26. The van der Waals surface area contributed by atoms with Crippen molar-refractivity contribution in [2.45, 2.75) is 27.7 Å². The van der Waals surface area contributed by atoms with Gasteiger partial charge in [-0.1, -0.05) is 43.7 Å². The number of aromatic nitrogens is 2. The van der Waals surface area contributed by atoms with E-state index in [1.54, 1.807) is 4.68 Å². The van der Waals surface area contributed by atoms with E-state index in [2.05, 4.69) is 5.32 Å². The number of aryl methyl sites for hydroxylation is 1. The summed E-state index contributed by atoms with van der Waals surface area (Å²) >= 11 is 0. The molecule has 1 N–H and O–H groups in total. The lowest BCUT2D eigenvalue weighted by molar-refractivity contribution is -0.132. The molecule has 0 bridgehead atoms. The monoisotopic (exact) mass is 497 g/mol. The predicted octanol–water partition coefficient (Wildman–Crippen LogP) is 5.76. The molecule has 0 saturated carbocycles. The van der Waals surface area contributed by atoms with Crippen LogP contribution in [0.1, 0.15) is 26.3 Å². The van der Waals surface area contributed by atoms with Gasteiger partial charge in [0, 0.05) is 24.1 Å². The third-order valence-electron chi connectivity index (χ3n) is 5.97. The number of rotatable bonds is 6. The van der Waals surface area contributed by atoms with E-state index >= 15 is 0 Å². The minimum Gasteiger partial charge on any atom is -0.454 e. The number of carbonyl (C=O) groups is 2. The fourth-order valence-corrected chi connectivity index (χ4v) is 4.01. The van der Waals surface area contributed by atoms with Crippen molar-refractivity contribution >= 4 is 17.6 Å². The number of amides is 1. The van der Waals surface area contributed by atoms with E-state index in [4.69, 9.17) is 19.3 Å². The third kappa shape index (κ3) is 4.91. The number of hydrogen-bond acceptors (Lipinski definition) is 6. The molecule has 1 amide bonds. The fraction of sp³-hybridized carbons (Fsp3) is 0.207. The van der Waals surface area contributed by atoms with Crippen molar-refractivity contribution in [1.29, 1.82) is 0 Å². The largest absolute Gasteiger partial charge is 0.454 e. The summed E-state index contributed by atoms with van der Waals surface area (Å²) in [6, 6.07) is 20.8. The highest BCUT2D eigenvalue weighted by Crippen LogP contribution is 2.44. The van der Waals surface area contributed by atoms with E-state index in [9.17, 15) is 9.59 Å². The van der Waals surface area contributed by atoms with Crippen molar-refractivity contribution in [2.24, 2.45) is 5.92 Å². The maximum atomic E-state index is 12.2. The van der Waals surface area contributed by atoms with Gasteiger partial charge in [-0.3, -0.25) is 9.59 Å². The molecule has 2 heterocycles. The average molecular weight is 498 g/mol. The lowest BCUT2D eigenvalue weighted by atomic mass is 10.0. The Morgan fingerprint density at radius 3 is 2.30 bits per heavy atom. The molecule has 0 unspecified atom stereocenters. The normalized spacial score (nSPS) is 12.0. The van der Waals surface area contributed by atoms with E-state index in [0.717, 1.165) is 22.4 Å². The minimum absolute atomic E-state index is 0.0680. The summed E-state index contributed by atoms with van der Waals surface area (Å²) in [6.45, 7) is 7.20. The predicted molar refractivity (Wildman–Crippen MR) is 140 cm³/mol. The fourth-order valence-electron chi connectivity index (χ4n) is 4.01. The summed E-state index contributed by atoms with van der Waals surface area (Å²) in [5.41, 5.74) is 5.30. The summed E-state index contributed by atoms with van der Waals surface area (Å²) in [5, 5.41) is 7.80. The first-order valence-corrected chi connectivity index (χ1v) is 12.0. The Balaban J connectivity index is 1.69. The first-order chi connectivity index (χ1) is 17.8. The SMILES string of the molecule is CC(=O)Oc1c(-c2ccc(NC(=O)C(C)C)cc2)c(-c2ccc3c(c2)OCO3)nn1-c1ccc(C)cc1. The summed E-state index contributed by atoms with van der Waals surface area (Å²) < 4.78 is 18.5. The van der Waals surface area contributed by atoms with E-state index in [1.165, 1.54) is 6.92 Å². The number of benzene rings is 3. The molecule has 1 aliphatic heterocycles. The lowest BCUT2D eigenvalue weighted by Crippen LogP contribution is -2.17. The summed E-state index contributed by atoms with van der Waals surface area (Å²) in [6.07, 6.45) is 0. The molecule has 8 heteroatoms. The molecule has 0 radical (unpaired) electrons. The van der Waals surface area contributed by atoms with Crippen LogP contribution in [0.15, 0.2) is 66.7 Å². The number of anilines is 1. The Hall–Kier alpha value is -4.59. The molecule has 0 atom stereocenters. The molecule has 3 aromatic carbocycles. The van der Waals surface area contributed by atoms with E-state index in [0.29, 0.717) is 34.3 Å². The lowest BCUT2D eigenvalue weighted by Gasteiger charge is -2.11. The van der Waals surface area contributed by atoms with Crippen LogP contribution in [0.3, 0.4) is 0 Å². The summed E-state index contributed by atoms with van der Waals surface area (Å²) in [5.74, 6) is 0.903. The first-order valence-electron chi connectivity index (χ1n) is 12.0. The molecule has 5 rings (SSSR count). The average Bonchev–Trinajstić information content (AvgIpc) is 3.49. The van der Waals surface area contributed by atoms with Gasteiger partial charge in [0.15, 0.2) is 11.5 Å². The van der Waals surface area contributed by atoms with Gasteiger partial charge in [0.25, 0.3) is 0 Å². The highest BCUT2D eigenvalue weighted by molar-refractivity contribution is 5.93. The minimum atomic E-state index is -0.465. The molecule has 0 saturated heterocycles. The molecular formula is C29H27N3O5. The van der Waals surface area contributed by atoms with Gasteiger partial charge in [-0.15, -0.1) is 0 Å². The van der Waals surface area contributed by atoms with Crippen molar-refractivity contribution in [2.75, 3.05) is 12.1 Å².